The first-order chi connectivity index (χ1) is 17.9. The van der Waals surface area contributed by atoms with E-state index >= 15 is 0 Å². The normalized spacial score (nSPS) is 11.9. The van der Waals surface area contributed by atoms with Crippen LogP contribution in [0.2, 0.25) is 5.02 Å². The molecule has 0 saturated carbocycles. The minimum atomic E-state index is -0.816. The second kappa shape index (κ2) is 13.9. The molecule has 8 nitrogen and oxygen atoms in total. The summed E-state index contributed by atoms with van der Waals surface area (Å²) in [4.78, 5) is 29.8. The van der Waals surface area contributed by atoms with Crippen LogP contribution in [0.4, 0.5) is 0 Å². The van der Waals surface area contributed by atoms with Gasteiger partial charge in [-0.1, -0.05) is 60.1 Å². The van der Waals surface area contributed by atoms with Crippen LogP contribution < -0.4 is 25.8 Å². The molecule has 3 aromatic carbocycles. The molecule has 0 aliphatic heterocycles. The first kappa shape index (κ1) is 27.5. The first-order valence-electron chi connectivity index (χ1n) is 11.8. The van der Waals surface area contributed by atoms with Crippen LogP contribution in [0.25, 0.3) is 0 Å². The maximum absolute atomic E-state index is 13.1. The number of hydrogen-bond acceptors (Lipinski definition) is 5. The Balaban J connectivity index is 1.64. The number of methoxy groups -OCH3 is 2. The van der Waals surface area contributed by atoms with Crippen molar-refractivity contribution < 1.29 is 19.1 Å². The lowest BCUT2D eigenvalue weighted by molar-refractivity contribution is -0.122. The highest BCUT2D eigenvalue weighted by molar-refractivity contribution is 6.30. The van der Waals surface area contributed by atoms with E-state index in [0.717, 1.165) is 16.7 Å². The van der Waals surface area contributed by atoms with Gasteiger partial charge in [0.15, 0.2) is 17.5 Å². The molecule has 0 aromatic heterocycles. The quantitative estimate of drug-likeness (QED) is 0.264. The van der Waals surface area contributed by atoms with Gasteiger partial charge in [0.05, 0.1) is 20.6 Å². The Hall–Kier alpha value is -4.04. The molecule has 1 unspecified atom stereocenters. The van der Waals surface area contributed by atoms with Crippen molar-refractivity contribution in [2.45, 2.75) is 25.3 Å². The molecule has 4 N–H and O–H groups in total. The lowest BCUT2D eigenvalue weighted by Crippen LogP contribution is -2.42. The molecule has 0 bridgehead atoms. The van der Waals surface area contributed by atoms with Crippen LogP contribution >= 0.6 is 11.6 Å². The first-order valence-corrected chi connectivity index (χ1v) is 12.2. The summed E-state index contributed by atoms with van der Waals surface area (Å²) in [5.74, 6) is 0.520. The number of nitrogens with two attached hydrogens (primary N) is 1. The average Bonchev–Trinajstić information content (AvgIpc) is 2.90. The number of rotatable bonds is 11. The zero-order valence-corrected chi connectivity index (χ0v) is 21.6. The second-order valence-corrected chi connectivity index (χ2v) is 8.74. The molecule has 0 saturated heterocycles. The molecule has 0 aliphatic carbocycles. The lowest BCUT2D eigenvalue weighted by atomic mass is 10.1. The molecule has 3 aromatic rings. The van der Waals surface area contributed by atoms with Crippen LogP contribution in [-0.4, -0.2) is 44.6 Å². The lowest BCUT2D eigenvalue weighted by Gasteiger charge is -2.15. The van der Waals surface area contributed by atoms with Gasteiger partial charge in [0, 0.05) is 18.0 Å². The Labute approximate surface area is 221 Å². The number of nitrogens with zero attached hydrogens (tertiary/aromatic N) is 1. The Kier molecular flexibility index (Phi) is 10.3. The third kappa shape index (κ3) is 8.84. The Morgan fingerprint density at radius 2 is 1.59 bits per heavy atom. The van der Waals surface area contributed by atoms with Crippen LogP contribution in [-0.2, 0) is 28.9 Å². The predicted molar refractivity (Wildman–Crippen MR) is 145 cm³/mol. The van der Waals surface area contributed by atoms with Crippen molar-refractivity contribution in [1.82, 2.24) is 10.6 Å². The van der Waals surface area contributed by atoms with E-state index in [2.05, 4.69) is 15.6 Å². The molecule has 0 spiro atoms. The highest BCUT2D eigenvalue weighted by Gasteiger charge is 2.19. The van der Waals surface area contributed by atoms with Gasteiger partial charge >= 0.3 is 0 Å². The SMILES string of the molecule is COc1ccc(CCNC(=O)C(Cc2ccccc2)N=C(N)NC(=O)Cc2ccc(Cl)cc2)cc1OC. The van der Waals surface area contributed by atoms with E-state index in [1.807, 2.05) is 48.5 Å². The molecule has 194 valence electrons. The number of benzene rings is 3. The van der Waals surface area contributed by atoms with Gasteiger partial charge in [-0.2, -0.15) is 0 Å². The van der Waals surface area contributed by atoms with Crippen molar-refractivity contribution in [2.75, 3.05) is 20.8 Å². The summed E-state index contributed by atoms with van der Waals surface area (Å²) < 4.78 is 10.6. The van der Waals surface area contributed by atoms with Gasteiger partial charge in [-0.3, -0.25) is 14.9 Å². The molecular weight excluding hydrogens is 492 g/mol. The maximum Gasteiger partial charge on any atom is 0.245 e. The van der Waals surface area contributed by atoms with Gasteiger partial charge in [-0.15, -0.1) is 0 Å². The summed E-state index contributed by atoms with van der Waals surface area (Å²) >= 11 is 5.89. The maximum atomic E-state index is 13.1. The van der Waals surface area contributed by atoms with E-state index in [4.69, 9.17) is 26.8 Å². The van der Waals surface area contributed by atoms with E-state index in [1.54, 1.807) is 38.5 Å². The van der Waals surface area contributed by atoms with Gasteiger partial charge in [0.2, 0.25) is 11.8 Å². The van der Waals surface area contributed by atoms with Crippen LogP contribution in [0.3, 0.4) is 0 Å². The van der Waals surface area contributed by atoms with E-state index in [1.165, 1.54) is 0 Å². The Bertz CT molecular complexity index is 1220. The van der Waals surface area contributed by atoms with Crippen molar-refractivity contribution in [3.05, 3.63) is 94.5 Å². The summed E-state index contributed by atoms with van der Waals surface area (Å²) in [6.45, 7) is 0.387. The number of guanidine groups is 1. The molecule has 1 atom stereocenters. The highest BCUT2D eigenvalue weighted by atomic mass is 35.5. The van der Waals surface area contributed by atoms with Crippen LogP contribution in [0.1, 0.15) is 16.7 Å². The Morgan fingerprint density at radius 1 is 0.919 bits per heavy atom. The zero-order chi connectivity index (χ0) is 26.6. The van der Waals surface area contributed by atoms with Crippen LogP contribution in [0, 0.1) is 0 Å². The topological polar surface area (TPSA) is 115 Å². The number of nitrogens with one attached hydrogen (secondary N) is 2. The molecular formula is C28H31ClN4O4. The third-order valence-electron chi connectivity index (χ3n) is 5.58. The van der Waals surface area contributed by atoms with Crippen molar-refractivity contribution in [3.8, 4) is 11.5 Å². The summed E-state index contributed by atoms with van der Waals surface area (Å²) in [5, 5.41) is 6.08. The van der Waals surface area contributed by atoms with Gasteiger partial charge in [-0.25, -0.2) is 4.99 Å². The van der Waals surface area contributed by atoms with Crippen LogP contribution in [0.5, 0.6) is 11.5 Å². The highest BCUT2D eigenvalue weighted by Crippen LogP contribution is 2.27. The molecule has 0 fully saturated rings. The number of aliphatic imine (C=N–C) groups is 1. The van der Waals surface area contributed by atoms with Gasteiger partial charge < -0.3 is 20.5 Å². The molecule has 3 rings (SSSR count). The number of carbonyl (C=O) groups excluding carboxylic acids is 2. The number of halogens is 1. The van der Waals surface area contributed by atoms with Crippen LogP contribution in [0.15, 0.2) is 77.8 Å². The minimum Gasteiger partial charge on any atom is -0.493 e. The summed E-state index contributed by atoms with van der Waals surface area (Å²) in [5.41, 5.74) is 8.70. The molecule has 37 heavy (non-hydrogen) atoms. The number of amides is 2. The fourth-order valence-corrected chi connectivity index (χ4v) is 3.82. The van der Waals surface area contributed by atoms with E-state index in [9.17, 15) is 9.59 Å². The third-order valence-corrected chi connectivity index (χ3v) is 5.83. The van der Waals surface area contributed by atoms with E-state index in [-0.39, 0.29) is 24.2 Å². The molecule has 9 heteroatoms. The monoisotopic (exact) mass is 522 g/mol. The van der Waals surface area contributed by atoms with Crippen molar-refractivity contribution in [2.24, 2.45) is 10.7 Å². The molecule has 0 aliphatic rings. The number of hydrogen-bond donors (Lipinski definition) is 3. The second-order valence-electron chi connectivity index (χ2n) is 8.30. The standard InChI is InChI=1S/C28H31ClN4O4/c1-36-24-13-10-21(17-25(24)37-2)14-15-31-27(35)23(16-19-6-4-3-5-7-19)32-28(30)33-26(34)18-20-8-11-22(29)12-9-20/h3-13,17,23H,14-16,18H2,1-2H3,(H,31,35)(H3,30,32,33,34). The van der Waals surface area contributed by atoms with Gasteiger partial charge in [0.25, 0.3) is 0 Å². The number of carbonyl (C=O) groups is 2. The fraction of sp³-hybridized carbons (Fsp3) is 0.250. The fourth-order valence-electron chi connectivity index (χ4n) is 3.69. The van der Waals surface area contributed by atoms with E-state index in [0.29, 0.717) is 35.9 Å². The van der Waals surface area contributed by atoms with Crippen molar-refractivity contribution >= 4 is 29.4 Å². The van der Waals surface area contributed by atoms with Gasteiger partial charge in [0.1, 0.15) is 6.04 Å². The summed E-state index contributed by atoms with van der Waals surface area (Å²) in [6, 6.07) is 21.3. The summed E-state index contributed by atoms with van der Waals surface area (Å²) in [6.07, 6.45) is 1.02. The van der Waals surface area contributed by atoms with Gasteiger partial charge in [-0.05, 0) is 47.4 Å². The van der Waals surface area contributed by atoms with Crippen molar-refractivity contribution in [1.29, 1.82) is 0 Å². The molecule has 0 radical (unpaired) electrons. The zero-order valence-electron chi connectivity index (χ0n) is 20.9. The average molecular weight is 523 g/mol. The molecule has 0 heterocycles. The molecule has 2 amide bonds. The minimum absolute atomic E-state index is 0.105. The summed E-state index contributed by atoms with van der Waals surface area (Å²) in [7, 11) is 3.16. The van der Waals surface area contributed by atoms with E-state index < -0.39 is 6.04 Å². The smallest absolute Gasteiger partial charge is 0.245 e. The largest absolute Gasteiger partial charge is 0.493 e. The van der Waals surface area contributed by atoms with Crippen molar-refractivity contribution in [3.63, 3.8) is 0 Å². The predicted octanol–water partition coefficient (Wildman–Crippen LogP) is 3.30. The Morgan fingerprint density at radius 3 is 2.27 bits per heavy atom. The number of ether oxygens (including phenoxy) is 2.